The van der Waals surface area contributed by atoms with Crippen molar-refractivity contribution in [2.75, 3.05) is 0 Å². The largest absolute Gasteiger partial charge is 0.402 e. The van der Waals surface area contributed by atoms with E-state index in [0.717, 1.165) is 20.8 Å². The minimum atomic E-state index is -4.81. The molecular formula is C46H31F9. The average Bonchev–Trinajstić information content (AvgIpc) is 3.67. The van der Waals surface area contributed by atoms with Crippen LogP contribution < -0.4 is 0 Å². The summed E-state index contributed by atoms with van der Waals surface area (Å²) in [4.78, 5) is 0. The number of rotatable bonds is 2. The van der Waals surface area contributed by atoms with Gasteiger partial charge < -0.3 is 0 Å². The molecule has 0 N–H and O–H groups in total. The van der Waals surface area contributed by atoms with Gasteiger partial charge in [-0.05, 0) is 141 Å². The minimum Gasteiger partial charge on any atom is -0.170 e. The van der Waals surface area contributed by atoms with Crippen LogP contribution in [0.3, 0.4) is 0 Å². The van der Waals surface area contributed by atoms with Crippen LogP contribution in [0.1, 0.15) is 59.7 Å². The predicted molar refractivity (Wildman–Crippen MR) is 196 cm³/mol. The highest BCUT2D eigenvalue weighted by Crippen LogP contribution is 2.61. The van der Waals surface area contributed by atoms with E-state index in [1.165, 1.54) is 36.4 Å². The van der Waals surface area contributed by atoms with Gasteiger partial charge in [-0.1, -0.05) is 96.6 Å². The van der Waals surface area contributed by atoms with Gasteiger partial charge in [-0.15, -0.1) is 0 Å². The van der Waals surface area contributed by atoms with Crippen molar-refractivity contribution in [3.63, 3.8) is 0 Å². The van der Waals surface area contributed by atoms with Crippen LogP contribution in [0, 0.1) is 6.92 Å². The van der Waals surface area contributed by atoms with Crippen LogP contribution >= 0.6 is 0 Å². The molecule has 0 amide bonds. The maximum atomic E-state index is 15.5. The Morgan fingerprint density at radius 1 is 0.327 bits per heavy atom. The van der Waals surface area contributed by atoms with Crippen LogP contribution in [0.2, 0.25) is 0 Å². The maximum Gasteiger partial charge on any atom is 0.402 e. The summed E-state index contributed by atoms with van der Waals surface area (Å²) < 4.78 is 136. The third-order valence-corrected chi connectivity index (χ3v) is 12.7. The highest BCUT2D eigenvalue weighted by atomic mass is 19.4. The van der Waals surface area contributed by atoms with E-state index < -0.39 is 34.8 Å². The van der Waals surface area contributed by atoms with Gasteiger partial charge in [0.1, 0.15) is 16.2 Å². The van der Waals surface area contributed by atoms with Crippen molar-refractivity contribution in [1.82, 2.24) is 0 Å². The predicted octanol–water partition coefficient (Wildman–Crippen LogP) is 13.9. The molecule has 9 rings (SSSR count). The number of aryl methyl sites for hydroxylation is 1. The van der Waals surface area contributed by atoms with Gasteiger partial charge in [0.2, 0.25) is 0 Å². The molecule has 0 saturated carbocycles. The first kappa shape index (κ1) is 35.4. The summed E-state index contributed by atoms with van der Waals surface area (Å²) in [6, 6.07) is 29.8. The van der Waals surface area contributed by atoms with Gasteiger partial charge in [-0.2, -0.15) is 39.5 Å². The molecule has 0 radical (unpaired) electrons. The SMILES string of the molecule is Cc1ccc2c(c1)C(C)(C(F)(F)F)c1cc(-c3ccc4c(c3)C(C)(C(F)(F)F)c3cc(-c5ccc6c(c5)C(C)(C(F)(F)F)c5ccccc5-6)ccc3-4)ccc1-2. The first-order valence-electron chi connectivity index (χ1n) is 17.7. The van der Waals surface area contributed by atoms with E-state index >= 15 is 13.2 Å². The molecule has 0 saturated heterocycles. The molecule has 3 aliphatic carbocycles. The zero-order valence-corrected chi connectivity index (χ0v) is 29.9. The number of hydrogen-bond acceptors (Lipinski definition) is 0. The molecule has 6 aromatic rings. The molecule has 0 spiro atoms. The lowest BCUT2D eigenvalue weighted by Crippen LogP contribution is -2.39. The number of halogens is 9. The Kier molecular flexibility index (Phi) is 7.03. The highest BCUT2D eigenvalue weighted by Gasteiger charge is 2.60. The van der Waals surface area contributed by atoms with Crippen LogP contribution in [0.4, 0.5) is 39.5 Å². The first-order valence-corrected chi connectivity index (χ1v) is 17.7. The van der Waals surface area contributed by atoms with Crippen molar-refractivity contribution in [1.29, 1.82) is 0 Å². The van der Waals surface area contributed by atoms with Crippen molar-refractivity contribution in [3.8, 4) is 55.6 Å². The Morgan fingerprint density at radius 3 is 0.945 bits per heavy atom. The van der Waals surface area contributed by atoms with E-state index in [-0.39, 0.29) is 33.4 Å². The summed E-state index contributed by atoms with van der Waals surface area (Å²) >= 11 is 0. The van der Waals surface area contributed by atoms with Crippen LogP contribution in [-0.2, 0) is 16.2 Å². The van der Waals surface area contributed by atoms with Gasteiger partial charge in [-0.3, -0.25) is 0 Å². The Balaban J connectivity index is 1.16. The van der Waals surface area contributed by atoms with Gasteiger partial charge in [0, 0.05) is 0 Å². The fourth-order valence-electron chi connectivity index (χ4n) is 9.30. The van der Waals surface area contributed by atoms with E-state index in [0.29, 0.717) is 61.2 Å². The molecule has 0 aliphatic heterocycles. The topological polar surface area (TPSA) is 0 Å². The van der Waals surface area contributed by atoms with E-state index in [9.17, 15) is 26.3 Å². The van der Waals surface area contributed by atoms with Crippen molar-refractivity contribution in [2.24, 2.45) is 0 Å². The average molecular weight is 755 g/mol. The van der Waals surface area contributed by atoms with Crippen molar-refractivity contribution < 1.29 is 39.5 Å². The minimum absolute atomic E-state index is 0.0277. The summed E-state index contributed by atoms with van der Waals surface area (Å²) in [5.74, 6) is 0. The monoisotopic (exact) mass is 754 g/mol. The van der Waals surface area contributed by atoms with Crippen LogP contribution in [0.25, 0.3) is 55.6 Å². The summed E-state index contributed by atoms with van der Waals surface area (Å²) in [6.07, 6.45) is -14.1. The Labute approximate surface area is 311 Å². The van der Waals surface area contributed by atoms with E-state index in [1.54, 1.807) is 85.8 Å². The fraction of sp³-hybridized carbons (Fsp3) is 0.217. The molecule has 0 heterocycles. The fourth-order valence-corrected chi connectivity index (χ4v) is 9.30. The molecule has 278 valence electrons. The van der Waals surface area contributed by atoms with Crippen LogP contribution in [-0.4, -0.2) is 18.5 Å². The second-order valence-electron chi connectivity index (χ2n) is 15.5. The maximum absolute atomic E-state index is 15.5. The van der Waals surface area contributed by atoms with Gasteiger partial charge in [-0.25, -0.2) is 0 Å². The van der Waals surface area contributed by atoms with E-state index in [1.807, 2.05) is 0 Å². The molecule has 55 heavy (non-hydrogen) atoms. The van der Waals surface area contributed by atoms with Gasteiger partial charge in [0.05, 0.1) is 0 Å². The molecule has 3 atom stereocenters. The van der Waals surface area contributed by atoms with Crippen LogP contribution in [0.15, 0.2) is 115 Å². The smallest absolute Gasteiger partial charge is 0.170 e. The Hall–Kier alpha value is -5.31. The first-order chi connectivity index (χ1) is 25.7. The molecular weight excluding hydrogens is 723 g/mol. The number of hydrogen-bond donors (Lipinski definition) is 0. The Morgan fingerprint density at radius 2 is 0.600 bits per heavy atom. The van der Waals surface area contributed by atoms with Gasteiger partial charge in [0.25, 0.3) is 0 Å². The molecule has 0 fully saturated rings. The lowest BCUT2D eigenvalue weighted by Gasteiger charge is -2.31. The summed E-state index contributed by atoms with van der Waals surface area (Å²) in [6.45, 7) is 5.07. The zero-order valence-electron chi connectivity index (χ0n) is 29.9. The molecule has 3 unspecified atom stereocenters. The van der Waals surface area contributed by atoms with Gasteiger partial charge >= 0.3 is 18.5 Å². The highest BCUT2D eigenvalue weighted by molar-refractivity contribution is 5.90. The standard InChI is InChI=1S/C46H31F9/c1-24-9-14-30-32-16-11-26(21-38(32)42(3,36(30)19-24)45(50,51)52)28-13-18-34-33-17-12-27(22-39(33)43(4,40(34)23-28)46(53,54)55)25-10-15-31-29-7-5-6-8-35(29)41(2,37(31)20-25)44(47,48)49/h5-23H,1-4H3. The normalized spacial score (nSPS) is 22.1. The molecule has 9 heteroatoms. The third-order valence-electron chi connectivity index (χ3n) is 12.7. The molecule has 0 aromatic heterocycles. The second-order valence-corrected chi connectivity index (χ2v) is 15.5. The summed E-state index contributed by atoms with van der Waals surface area (Å²) in [5.41, 5.74) is -2.59. The molecule has 0 bridgehead atoms. The zero-order chi connectivity index (χ0) is 39.2. The quantitative estimate of drug-likeness (QED) is 0.154. The molecule has 6 aromatic carbocycles. The van der Waals surface area contributed by atoms with Gasteiger partial charge in [0.15, 0.2) is 0 Å². The summed E-state index contributed by atoms with van der Waals surface area (Å²) in [5, 5.41) is 0. The second kappa shape index (κ2) is 10.9. The van der Waals surface area contributed by atoms with Crippen molar-refractivity contribution in [2.45, 2.75) is 62.5 Å². The number of benzene rings is 6. The third kappa shape index (κ3) is 4.49. The Bertz CT molecular complexity index is 2630. The van der Waals surface area contributed by atoms with Crippen LogP contribution in [0.5, 0.6) is 0 Å². The van der Waals surface area contributed by atoms with E-state index in [4.69, 9.17) is 0 Å². The lowest BCUT2D eigenvalue weighted by molar-refractivity contribution is -0.172. The summed E-state index contributed by atoms with van der Waals surface area (Å²) in [7, 11) is 0. The van der Waals surface area contributed by atoms with Crippen molar-refractivity contribution >= 4 is 0 Å². The number of fused-ring (bicyclic) bond motifs is 9. The number of alkyl halides is 9. The molecule has 0 nitrogen and oxygen atoms in total. The van der Waals surface area contributed by atoms with E-state index in [2.05, 4.69) is 0 Å². The molecule has 3 aliphatic rings. The van der Waals surface area contributed by atoms with Crippen molar-refractivity contribution in [3.05, 3.63) is 154 Å². The lowest BCUT2D eigenvalue weighted by atomic mass is 9.77.